The first kappa shape index (κ1) is 28.3. The Labute approximate surface area is 248 Å². The van der Waals surface area contributed by atoms with Gasteiger partial charge in [-0.2, -0.15) is 28.2 Å². The molecule has 204 valence electrons. The molecule has 11 heteroatoms. The summed E-state index contributed by atoms with van der Waals surface area (Å²) in [6, 6.07) is 23.8. The maximum Gasteiger partial charge on any atom is 0.416 e. The van der Waals surface area contributed by atoms with Crippen LogP contribution in [0.4, 0.5) is 13.2 Å². The number of para-hydroxylation sites is 1. The van der Waals surface area contributed by atoms with E-state index < -0.39 is 17.3 Å². The molecule has 0 amide bonds. The minimum absolute atomic E-state index is 0.0368. The van der Waals surface area contributed by atoms with Crippen molar-refractivity contribution in [2.45, 2.75) is 12.8 Å². The van der Waals surface area contributed by atoms with E-state index in [1.807, 2.05) is 6.07 Å². The third-order valence-electron chi connectivity index (χ3n) is 6.05. The molecule has 0 aliphatic rings. The van der Waals surface area contributed by atoms with Crippen molar-refractivity contribution < 1.29 is 17.9 Å². The van der Waals surface area contributed by atoms with Crippen LogP contribution in [0.2, 0.25) is 0 Å². The monoisotopic (exact) mass is 680 g/mol. The minimum atomic E-state index is -4.57. The summed E-state index contributed by atoms with van der Waals surface area (Å²) in [6.45, 7) is 0.160. The molecule has 5 aromatic rings. The Balaban J connectivity index is 1.53. The van der Waals surface area contributed by atoms with Gasteiger partial charge in [0.15, 0.2) is 5.82 Å². The number of alkyl halides is 3. The molecule has 0 unspecified atom stereocenters. The zero-order valence-corrected chi connectivity index (χ0v) is 24.0. The number of nitrogens with zero attached hydrogens (tertiary/aromatic N) is 4. The van der Waals surface area contributed by atoms with E-state index in [-0.39, 0.29) is 23.4 Å². The Morgan fingerprint density at radius 2 is 1.68 bits per heavy atom. The lowest BCUT2D eigenvalue weighted by molar-refractivity contribution is -0.137. The summed E-state index contributed by atoms with van der Waals surface area (Å²) in [5.41, 5.74) is 0.815. The second-order valence-electron chi connectivity index (χ2n) is 8.76. The summed E-state index contributed by atoms with van der Waals surface area (Å²) in [5.74, 6) is 0.453. The Kier molecular flexibility index (Phi) is 8.06. The lowest BCUT2D eigenvalue weighted by Crippen LogP contribution is -2.20. The predicted molar refractivity (Wildman–Crippen MR) is 157 cm³/mol. The van der Waals surface area contributed by atoms with Crippen LogP contribution in [0.25, 0.3) is 22.3 Å². The highest BCUT2D eigenvalue weighted by Gasteiger charge is 2.31. The van der Waals surface area contributed by atoms with Crippen LogP contribution in [-0.2, 0) is 12.8 Å². The van der Waals surface area contributed by atoms with E-state index in [0.29, 0.717) is 31.3 Å². The van der Waals surface area contributed by atoms with Crippen LogP contribution in [-0.4, -0.2) is 15.9 Å². The van der Waals surface area contributed by atoms with E-state index in [9.17, 15) is 23.2 Å². The normalized spacial score (nSPS) is 11.6. The average Bonchev–Trinajstić information content (AvgIpc) is 2.96. The van der Waals surface area contributed by atoms with Crippen LogP contribution in [0.5, 0.6) is 5.75 Å². The van der Waals surface area contributed by atoms with Gasteiger partial charge in [-0.05, 0) is 79.9 Å². The molecule has 0 saturated heterocycles. The smallest absolute Gasteiger partial charge is 0.416 e. The topological polar surface area (TPSA) is 80.3 Å². The van der Waals surface area contributed by atoms with E-state index in [0.717, 1.165) is 22.4 Å². The number of halogens is 5. The maximum absolute atomic E-state index is 13.4. The zero-order valence-electron chi connectivity index (χ0n) is 20.9. The van der Waals surface area contributed by atoms with E-state index in [1.165, 1.54) is 18.3 Å². The number of rotatable bonds is 6. The summed E-state index contributed by atoms with van der Waals surface area (Å²) in [6.07, 6.45) is -3.17. The molecule has 0 radical (unpaired) electrons. The quantitative estimate of drug-likeness (QED) is 0.171. The predicted octanol–water partition coefficient (Wildman–Crippen LogP) is 7.94. The van der Waals surface area contributed by atoms with Crippen molar-refractivity contribution in [2.75, 3.05) is 0 Å². The van der Waals surface area contributed by atoms with Gasteiger partial charge in [-0.25, -0.2) is 4.98 Å². The molecule has 1 aromatic heterocycles. The zero-order chi connectivity index (χ0) is 29.1. The van der Waals surface area contributed by atoms with Gasteiger partial charge in [-0.15, -0.1) is 0 Å². The number of nitriles is 1. The number of hydrogen-bond acceptors (Lipinski definition) is 5. The third kappa shape index (κ3) is 6.09. The number of ether oxygens (including phenoxy) is 1. The maximum atomic E-state index is 13.4. The van der Waals surface area contributed by atoms with Crippen molar-refractivity contribution in [2.24, 2.45) is 5.10 Å². The molecular formula is C30H17Br2F3N4O2. The number of aromatic nitrogens is 2. The number of fused-ring (bicyclic) bond motifs is 1. The van der Waals surface area contributed by atoms with Crippen molar-refractivity contribution in [1.82, 2.24) is 9.66 Å². The van der Waals surface area contributed by atoms with Gasteiger partial charge in [0, 0.05) is 11.1 Å². The lowest BCUT2D eigenvalue weighted by Gasteiger charge is -2.13. The largest absolute Gasteiger partial charge is 0.486 e. The van der Waals surface area contributed by atoms with Gasteiger partial charge < -0.3 is 4.74 Å². The summed E-state index contributed by atoms with van der Waals surface area (Å²) in [4.78, 5) is 17.9. The van der Waals surface area contributed by atoms with Crippen molar-refractivity contribution in [1.29, 1.82) is 5.26 Å². The van der Waals surface area contributed by atoms with Gasteiger partial charge >= 0.3 is 6.18 Å². The molecule has 0 saturated carbocycles. The fourth-order valence-corrected chi connectivity index (χ4v) is 5.52. The Morgan fingerprint density at radius 3 is 2.41 bits per heavy atom. The fraction of sp³-hybridized carbons (Fsp3) is 0.0667. The summed E-state index contributed by atoms with van der Waals surface area (Å²) >= 11 is 6.98. The number of benzene rings is 4. The second-order valence-corrected chi connectivity index (χ2v) is 10.5. The number of hydrogen-bond donors (Lipinski definition) is 0. The third-order valence-corrected chi connectivity index (χ3v) is 7.23. The van der Waals surface area contributed by atoms with Gasteiger partial charge in [0.2, 0.25) is 0 Å². The van der Waals surface area contributed by atoms with E-state index in [2.05, 4.69) is 48.0 Å². The Hall–Kier alpha value is -4.27. The van der Waals surface area contributed by atoms with E-state index >= 15 is 0 Å². The first-order valence-electron chi connectivity index (χ1n) is 12.0. The highest BCUT2D eigenvalue weighted by atomic mass is 79.9. The first-order chi connectivity index (χ1) is 19.7. The molecule has 5 rings (SSSR count). The van der Waals surface area contributed by atoms with Crippen molar-refractivity contribution in [3.05, 3.63) is 126 Å². The summed E-state index contributed by atoms with van der Waals surface area (Å²) in [7, 11) is 0. The van der Waals surface area contributed by atoms with Crippen LogP contribution in [0.15, 0.2) is 104 Å². The van der Waals surface area contributed by atoms with E-state index in [1.54, 1.807) is 54.6 Å². The molecule has 6 nitrogen and oxygen atoms in total. The van der Waals surface area contributed by atoms with Gasteiger partial charge in [0.05, 0.1) is 43.3 Å². The Bertz CT molecular complexity index is 1890. The lowest BCUT2D eigenvalue weighted by atomic mass is 10.1. The van der Waals surface area contributed by atoms with Crippen molar-refractivity contribution >= 4 is 49.0 Å². The molecule has 0 aliphatic carbocycles. The molecule has 0 fully saturated rings. The van der Waals surface area contributed by atoms with E-state index in [4.69, 9.17) is 4.74 Å². The molecule has 4 aromatic carbocycles. The molecule has 0 aliphatic heterocycles. The average molecular weight is 682 g/mol. The molecule has 41 heavy (non-hydrogen) atoms. The summed E-state index contributed by atoms with van der Waals surface area (Å²) in [5, 5.41) is 13.9. The molecule has 1 heterocycles. The van der Waals surface area contributed by atoms with Crippen molar-refractivity contribution in [3.8, 4) is 23.2 Å². The standard InChI is InChI=1S/C30H17Br2F3N4O2/c31-24-12-18(13-25(32)27(24)41-17-21-7-2-1-6-20(21)15-36)16-37-39-28(19-8-5-9-22(14-19)30(33,34)35)38-26-11-4-3-10-23(26)29(39)40/h1-14,16H,17H2. The SMILES string of the molecule is N#Cc1ccccc1COc1c(Br)cc(C=Nn2c(-c3cccc(C(F)(F)F)c3)nc3ccccc3c2=O)cc1Br. The first-order valence-corrected chi connectivity index (χ1v) is 13.6. The second kappa shape index (κ2) is 11.7. The van der Waals surface area contributed by atoms with Gasteiger partial charge in [0.1, 0.15) is 12.4 Å². The summed E-state index contributed by atoms with van der Waals surface area (Å²) < 4.78 is 48.4. The molecule has 0 atom stereocenters. The van der Waals surface area contributed by atoms with Gasteiger partial charge in [-0.3, -0.25) is 4.79 Å². The van der Waals surface area contributed by atoms with Crippen LogP contribution in [0, 0.1) is 11.3 Å². The molecule has 0 N–H and O–H groups in total. The van der Waals surface area contributed by atoms with Crippen molar-refractivity contribution in [3.63, 3.8) is 0 Å². The van der Waals surface area contributed by atoms with Crippen LogP contribution in [0.3, 0.4) is 0 Å². The highest BCUT2D eigenvalue weighted by molar-refractivity contribution is 9.11. The Morgan fingerprint density at radius 1 is 0.976 bits per heavy atom. The minimum Gasteiger partial charge on any atom is -0.486 e. The van der Waals surface area contributed by atoms with Crippen LogP contribution >= 0.6 is 31.9 Å². The van der Waals surface area contributed by atoms with Crippen LogP contribution < -0.4 is 10.3 Å². The highest BCUT2D eigenvalue weighted by Crippen LogP contribution is 2.35. The molecule has 0 spiro atoms. The molecular weight excluding hydrogens is 665 g/mol. The fourth-order valence-electron chi connectivity index (χ4n) is 4.07. The van der Waals surface area contributed by atoms with Crippen LogP contribution in [0.1, 0.15) is 22.3 Å². The van der Waals surface area contributed by atoms with Gasteiger partial charge in [-0.1, -0.05) is 42.5 Å². The van der Waals surface area contributed by atoms with Gasteiger partial charge in [0.25, 0.3) is 5.56 Å². The molecule has 0 bridgehead atoms.